The third-order valence-corrected chi connectivity index (χ3v) is 2.26. The minimum Gasteiger partial charge on any atom is -0.508 e. The van der Waals surface area contributed by atoms with Gasteiger partial charge >= 0.3 is 0 Å². The molecule has 5 N–H and O–H groups in total. The number of allylic oxidation sites excluding steroid dienone is 1. The van der Waals surface area contributed by atoms with Gasteiger partial charge in [-0.2, -0.15) is 15.0 Å². The lowest BCUT2D eigenvalue weighted by Crippen LogP contribution is -2.06. The lowest BCUT2D eigenvalue weighted by atomic mass is 10.1. The summed E-state index contributed by atoms with van der Waals surface area (Å²) in [5.74, 6) is 0.728. The minimum absolute atomic E-state index is 0.0742. The molecule has 2 rings (SSSR count). The van der Waals surface area contributed by atoms with E-state index in [1.165, 1.54) is 0 Å². The number of hydrogen-bond acceptors (Lipinski definition) is 6. The summed E-state index contributed by atoms with van der Waals surface area (Å²) in [6.45, 7) is 0. The van der Waals surface area contributed by atoms with E-state index in [9.17, 15) is 5.11 Å². The van der Waals surface area contributed by atoms with E-state index < -0.39 is 0 Å². The zero-order chi connectivity index (χ0) is 13.0. The molecule has 0 aliphatic rings. The fourth-order valence-electron chi connectivity index (χ4n) is 1.46. The summed E-state index contributed by atoms with van der Waals surface area (Å²) in [6, 6.07) is 9.19. The van der Waals surface area contributed by atoms with Gasteiger partial charge in [-0.05, 0) is 6.08 Å². The van der Waals surface area contributed by atoms with Crippen LogP contribution in [0.2, 0.25) is 0 Å². The van der Waals surface area contributed by atoms with Gasteiger partial charge in [0.1, 0.15) is 11.6 Å². The Balaban J connectivity index is 2.15. The number of nitrogens with two attached hydrogens (primary N) is 2. The quantitative estimate of drug-likeness (QED) is 0.698. The second kappa shape index (κ2) is 5.13. The monoisotopic (exact) mass is 243 g/mol. The molecule has 0 fully saturated rings. The van der Waals surface area contributed by atoms with Crippen molar-refractivity contribution >= 4 is 17.7 Å². The number of rotatable bonds is 3. The van der Waals surface area contributed by atoms with Crippen molar-refractivity contribution in [2.24, 2.45) is 0 Å². The number of nitrogens with zero attached hydrogens (tertiary/aromatic N) is 3. The number of hydrogen-bond donors (Lipinski definition) is 3. The summed E-state index contributed by atoms with van der Waals surface area (Å²) in [6.07, 6.45) is 1.93. The molecule has 0 atom stereocenters. The fraction of sp³-hybridized carbons (Fsp3) is 0.0833. The first kappa shape index (κ1) is 11.8. The molecule has 0 saturated carbocycles. The average molecular weight is 243 g/mol. The molecule has 18 heavy (non-hydrogen) atoms. The van der Waals surface area contributed by atoms with Gasteiger partial charge in [-0.25, -0.2) is 0 Å². The van der Waals surface area contributed by atoms with E-state index in [0.29, 0.717) is 12.2 Å². The molecule has 1 heterocycles. The zero-order valence-electron chi connectivity index (χ0n) is 9.61. The highest BCUT2D eigenvalue weighted by molar-refractivity contribution is 5.58. The zero-order valence-corrected chi connectivity index (χ0v) is 9.61. The van der Waals surface area contributed by atoms with Crippen LogP contribution in [0.4, 0.5) is 11.9 Å². The third-order valence-electron chi connectivity index (χ3n) is 2.26. The van der Waals surface area contributed by atoms with Gasteiger partial charge in [-0.15, -0.1) is 0 Å². The maximum absolute atomic E-state index is 9.85. The number of aliphatic hydroxyl groups excluding tert-OH is 1. The summed E-state index contributed by atoms with van der Waals surface area (Å²) in [7, 11) is 0. The van der Waals surface area contributed by atoms with Gasteiger partial charge in [0.2, 0.25) is 11.9 Å². The molecular formula is C12H13N5O. The van der Waals surface area contributed by atoms with Crippen LogP contribution in [0, 0.1) is 0 Å². The van der Waals surface area contributed by atoms with E-state index in [2.05, 4.69) is 15.0 Å². The Morgan fingerprint density at radius 2 is 1.67 bits per heavy atom. The summed E-state index contributed by atoms with van der Waals surface area (Å²) in [5, 5.41) is 9.85. The van der Waals surface area contributed by atoms with Crippen LogP contribution in [0.15, 0.2) is 36.4 Å². The van der Waals surface area contributed by atoms with Crippen molar-refractivity contribution < 1.29 is 5.11 Å². The Morgan fingerprint density at radius 1 is 1.06 bits per heavy atom. The summed E-state index contributed by atoms with van der Waals surface area (Å²) in [4.78, 5) is 11.5. The topological polar surface area (TPSA) is 111 Å². The Morgan fingerprint density at radius 3 is 2.28 bits per heavy atom. The van der Waals surface area contributed by atoms with Crippen LogP contribution in [0.1, 0.15) is 11.4 Å². The molecule has 1 aromatic heterocycles. The van der Waals surface area contributed by atoms with Gasteiger partial charge in [0.25, 0.3) is 0 Å². The van der Waals surface area contributed by atoms with Crippen molar-refractivity contribution in [3.8, 4) is 0 Å². The van der Waals surface area contributed by atoms with E-state index >= 15 is 0 Å². The highest BCUT2D eigenvalue weighted by Crippen LogP contribution is 2.11. The van der Waals surface area contributed by atoms with E-state index in [4.69, 9.17) is 11.5 Å². The maximum atomic E-state index is 9.85. The molecule has 0 amide bonds. The molecule has 0 saturated heterocycles. The largest absolute Gasteiger partial charge is 0.508 e. The Labute approximate surface area is 104 Å². The normalized spacial score (nSPS) is 11.4. The lowest BCUT2D eigenvalue weighted by molar-refractivity contribution is 0.509. The Bertz CT molecular complexity index is 548. The summed E-state index contributed by atoms with van der Waals surface area (Å²) < 4.78 is 0. The first-order valence-electron chi connectivity index (χ1n) is 5.35. The van der Waals surface area contributed by atoms with Gasteiger partial charge in [-0.3, -0.25) is 0 Å². The highest BCUT2D eigenvalue weighted by Gasteiger charge is 2.02. The number of anilines is 2. The SMILES string of the molecule is Nc1nc(N)nc(CC=C(O)c2ccccc2)n1. The van der Waals surface area contributed by atoms with Crippen LogP contribution in [0.5, 0.6) is 0 Å². The average Bonchev–Trinajstić information content (AvgIpc) is 2.36. The van der Waals surface area contributed by atoms with Crippen molar-refractivity contribution in [1.82, 2.24) is 15.0 Å². The first-order chi connectivity index (χ1) is 8.65. The second-order valence-corrected chi connectivity index (χ2v) is 3.63. The molecular weight excluding hydrogens is 230 g/mol. The van der Waals surface area contributed by atoms with Gasteiger partial charge in [0.05, 0.1) is 0 Å². The standard InChI is InChI=1S/C12H13N5O/c13-11-15-10(16-12(14)17-11)7-6-9(18)8-4-2-1-3-5-8/h1-6,18H,7H2,(H4,13,14,15,16,17). The van der Waals surface area contributed by atoms with Gasteiger partial charge in [0.15, 0.2) is 0 Å². The Hall–Kier alpha value is -2.63. The highest BCUT2D eigenvalue weighted by atomic mass is 16.3. The van der Waals surface area contributed by atoms with Crippen LogP contribution in [0.25, 0.3) is 5.76 Å². The molecule has 0 spiro atoms. The van der Waals surface area contributed by atoms with Crippen molar-refractivity contribution in [1.29, 1.82) is 0 Å². The Kier molecular flexibility index (Phi) is 3.38. The molecule has 6 nitrogen and oxygen atoms in total. The number of aromatic nitrogens is 3. The van der Waals surface area contributed by atoms with E-state index in [1.807, 2.05) is 30.3 Å². The van der Waals surface area contributed by atoms with Crippen LogP contribution in [-0.4, -0.2) is 20.1 Å². The predicted molar refractivity (Wildman–Crippen MR) is 69.4 cm³/mol. The molecule has 1 aromatic carbocycles. The van der Waals surface area contributed by atoms with Crippen LogP contribution in [0.3, 0.4) is 0 Å². The van der Waals surface area contributed by atoms with E-state index in [1.54, 1.807) is 6.08 Å². The first-order valence-corrected chi connectivity index (χ1v) is 5.35. The summed E-state index contributed by atoms with van der Waals surface area (Å²) >= 11 is 0. The molecule has 0 bridgehead atoms. The summed E-state index contributed by atoms with van der Waals surface area (Å²) in [5.41, 5.74) is 11.6. The van der Waals surface area contributed by atoms with Crippen molar-refractivity contribution in [3.63, 3.8) is 0 Å². The molecule has 92 valence electrons. The number of nitrogen functional groups attached to an aromatic ring is 2. The van der Waals surface area contributed by atoms with Crippen LogP contribution >= 0.6 is 0 Å². The van der Waals surface area contributed by atoms with Gasteiger partial charge < -0.3 is 16.6 Å². The van der Waals surface area contributed by atoms with E-state index in [-0.39, 0.29) is 17.7 Å². The molecule has 0 aliphatic heterocycles. The van der Waals surface area contributed by atoms with Crippen LogP contribution in [-0.2, 0) is 6.42 Å². The van der Waals surface area contributed by atoms with Gasteiger partial charge in [0, 0.05) is 12.0 Å². The van der Waals surface area contributed by atoms with Crippen molar-refractivity contribution in [2.75, 3.05) is 11.5 Å². The van der Waals surface area contributed by atoms with Gasteiger partial charge in [-0.1, -0.05) is 30.3 Å². The maximum Gasteiger partial charge on any atom is 0.225 e. The lowest BCUT2D eigenvalue weighted by Gasteiger charge is -2.01. The third kappa shape index (κ3) is 2.94. The van der Waals surface area contributed by atoms with Crippen molar-refractivity contribution in [3.05, 3.63) is 47.8 Å². The van der Waals surface area contributed by atoms with Crippen molar-refractivity contribution in [2.45, 2.75) is 6.42 Å². The number of aliphatic hydroxyl groups is 1. The molecule has 0 aliphatic carbocycles. The minimum atomic E-state index is 0.0742. The number of benzene rings is 1. The fourth-order valence-corrected chi connectivity index (χ4v) is 1.46. The second-order valence-electron chi connectivity index (χ2n) is 3.63. The smallest absolute Gasteiger partial charge is 0.225 e. The van der Waals surface area contributed by atoms with E-state index in [0.717, 1.165) is 5.56 Å². The molecule has 6 heteroatoms. The molecule has 2 aromatic rings. The predicted octanol–water partition coefficient (Wildman–Crippen LogP) is 1.18. The molecule has 0 radical (unpaired) electrons. The molecule has 0 unspecified atom stereocenters. The van der Waals surface area contributed by atoms with Crippen LogP contribution < -0.4 is 11.5 Å².